The molecule has 1 aromatic rings. The first-order chi connectivity index (χ1) is 11.4. The normalized spacial score (nSPS) is 17.7. The molecule has 0 radical (unpaired) electrons. The molecule has 4 N–H and O–H groups in total. The number of halogens is 2. The summed E-state index contributed by atoms with van der Waals surface area (Å²) in [5.74, 6) is -0.338. The van der Waals surface area contributed by atoms with Crippen LogP contribution in [0.15, 0.2) is 24.3 Å². The van der Waals surface area contributed by atoms with Gasteiger partial charge in [-0.25, -0.2) is 9.69 Å². The third-order valence-corrected chi connectivity index (χ3v) is 4.07. The van der Waals surface area contributed by atoms with Crippen molar-refractivity contribution >= 4 is 47.5 Å². The molecule has 1 aromatic carbocycles. The monoisotopic (exact) mass is 388 g/mol. The molecule has 2 unspecified atom stereocenters. The fourth-order valence-electron chi connectivity index (χ4n) is 2.30. The number of nitrogens with one attached hydrogen (secondary N) is 2. The zero-order valence-electron chi connectivity index (χ0n) is 13.8. The summed E-state index contributed by atoms with van der Waals surface area (Å²) in [6.45, 7) is 2.93. The molecule has 1 heterocycles. The molecule has 0 spiro atoms. The minimum absolute atomic E-state index is 0. The Kier molecular flexibility index (Phi) is 8.15. The smallest absolute Gasteiger partial charge is 0.329 e. The van der Waals surface area contributed by atoms with E-state index in [-0.39, 0.29) is 43.0 Å². The van der Waals surface area contributed by atoms with E-state index >= 15 is 0 Å². The summed E-state index contributed by atoms with van der Waals surface area (Å²) in [7, 11) is 0. The summed E-state index contributed by atoms with van der Waals surface area (Å²) in [6.07, 6.45) is 0.403. The molecule has 2 rings (SSSR count). The van der Waals surface area contributed by atoms with Gasteiger partial charge in [-0.2, -0.15) is 0 Å². The number of imide groups is 1. The second-order valence-electron chi connectivity index (χ2n) is 5.84. The van der Waals surface area contributed by atoms with Gasteiger partial charge in [0.25, 0.3) is 5.91 Å². The molecule has 0 saturated carbocycles. The van der Waals surface area contributed by atoms with Gasteiger partial charge in [0.1, 0.15) is 6.04 Å². The van der Waals surface area contributed by atoms with Crippen LogP contribution in [-0.4, -0.2) is 37.0 Å². The molecular weight excluding hydrogens is 367 g/mol. The number of urea groups is 1. The van der Waals surface area contributed by atoms with Gasteiger partial charge in [-0.15, -0.1) is 12.4 Å². The maximum Gasteiger partial charge on any atom is 0.329 e. The molecule has 0 bridgehead atoms. The molecule has 1 saturated heterocycles. The van der Waals surface area contributed by atoms with E-state index in [4.69, 9.17) is 17.3 Å². The number of hydrogen-bond acceptors (Lipinski definition) is 4. The third kappa shape index (κ3) is 5.59. The van der Waals surface area contributed by atoms with Gasteiger partial charge in [0.15, 0.2) is 0 Å². The van der Waals surface area contributed by atoms with Gasteiger partial charge in [-0.05, 0) is 43.1 Å². The number of nitrogens with zero attached hydrogens (tertiary/aromatic N) is 1. The van der Waals surface area contributed by atoms with E-state index in [0.717, 1.165) is 4.90 Å². The quantitative estimate of drug-likeness (QED) is 0.617. The van der Waals surface area contributed by atoms with E-state index in [9.17, 15) is 14.4 Å². The zero-order valence-corrected chi connectivity index (χ0v) is 15.4. The van der Waals surface area contributed by atoms with Gasteiger partial charge in [0.2, 0.25) is 5.91 Å². The molecule has 1 fully saturated rings. The van der Waals surface area contributed by atoms with Crippen molar-refractivity contribution in [1.29, 1.82) is 0 Å². The van der Waals surface area contributed by atoms with Crippen molar-refractivity contribution in [2.75, 3.05) is 18.0 Å². The Labute approximate surface area is 157 Å². The molecule has 138 valence electrons. The predicted octanol–water partition coefficient (Wildman–Crippen LogP) is 1.68. The van der Waals surface area contributed by atoms with Crippen LogP contribution in [0.1, 0.15) is 19.8 Å². The number of benzene rings is 1. The minimum Gasteiger partial charge on any atom is -0.356 e. The number of hydrogen-bond donors (Lipinski definition) is 3. The second-order valence-corrected chi connectivity index (χ2v) is 6.27. The van der Waals surface area contributed by atoms with Crippen LogP contribution < -0.4 is 21.3 Å². The van der Waals surface area contributed by atoms with Gasteiger partial charge in [0, 0.05) is 18.0 Å². The third-order valence-electron chi connectivity index (χ3n) is 3.81. The number of carbonyl (C=O) groups is 3. The number of carbonyl (C=O) groups excluding carboxylic acids is 3. The standard InChI is InChI=1S/C16H21ClN4O3.ClH/c1-10(8-18)9-19-14(22)7-6-13-15(23)21(16(24)20-13)12-4-2-11(17)3-5-12;/h2-5,10,13H,6-9,18H2,1H3,(H,19,22)(H,20,24);1H. The first kappa shape index (κ1) is 21.2. The Morgan fingerprint density at radius 3 is 2.60 bits per heavy atom. The van der Waals surface area contributed by atoms with Crippen LogP contribution in [0.2, 0.25) is 5.02 Å². The highest BCUT2D eigenvalue weighted by atomic mass is 35.5. The topological polar surface area (TPSA) is 105 Å². The van der Waals surface area contributed by atoms with Gasteiger partial charge in [-0.3, -0.25) is 9.59 Å². The summed E-state index contributed by atoms with van der Waals surface area (Å²) >= 11 is 5.81. The maximum atomic E-state index is 12.4. The van der Waals surface area contributed by atoms with E-state index < -0.39 is 12.1 Å². The van der Waals surface area contributed by atoms with Crippen LogP contribution in [0.5, 0.6) is 0 Å². The lowest BCUT2D eigenvalue weighted by atomic mass is 10.1. The van der Waals surface area contributed by atoms with Crippen molar-refractivity contribution in [2.24, 2.45) is 11.7 Å². The summed E-state index contributed by atoms with van der Waals surface area (Å²) < 4.78 is 0. The molecule has 1 aliphatic heterocycles. The Morgan fingerprint density at radius 2 is 2.00 bits per heavy atom. The average Bonchev–Trinajstić information content (AvgIpc) is 2.85. The molecule has 9 heteroatoms. The highest BCUT2D eigenvalue weighted by molar-refractivity contribution is 6.30. The van der Waals surface area contributed by atoms with E-state index in [1.54, 1.807) is 24.3 Å². The highest BCUT2D eigenvalue weighted by Crippen LogP contribution is 2.23. The fourth-order valence-corrected chi connectivity index (χ4v) is 2.42. The number of nitrogens with two attached hydrogens (primary N) is 1. The van der Waals surface area contributed by atoms with Gasteiger partial charge in [0.05, 0.1) is 5.69 Å². The zero-order chi connectivity index (χ0) is 17.7. The lowest BCUT2D eigenvalue weighted by Gasteiger charge is -2.13. The first-order valence-corrected chi connectivity index (χ1v) is 8.17. The van der Waals surface area contributed by atoms with Crippen molar-refractivity contribution in [3.05, 3.63) is 29.3 Å². The Balaban J connectivity index is 0.00000312. The van der Waals surface area contributed by atoms with Crippen molar-refractivity contribution in [3.8, 4) is 0 Å². The number of anilines is 1. The Hall–Kier alpha value is -1.83. The van der Waals surface area contributed by atoms with Crippen molar-refractivity contribution in [3.63, 3.8) is 0 Å². The maximum absolute atomic E-state index is 12.4. The van der Waals surface area contributed by atoms with Crippen LogP contribution in [-0.2, 0) is 9.59 Å². The Bertz CT molecular complexity index is 624. The summed E-state index contributed by atoms with van der Waals surface area (Å²) in [6, 6.07) is 5.22. The predicted molar refractivity (Wildman–Crippen MR) is 99.0 cm³/mol. The largest absolute Gasteiger partial charge is 0.356 e. The van der Waals surface area contributed by atoms with Gasteiger partial charge in [-0.1, -0.05) is 18.5 Å². The summed E-state index contributed by atoms with van der Waals surface area (Å²) in [5, 5.41) is 5.88. The molecule has 0 aromatic heterocycles. The SMILES string of the molecule is CC(CN)CNC(=O)CCC1NC(=O)N(c2ccc(Cl)cc2)C1=O.Cl. The molecule has 25 heavy (non-hydrogen) atoms. The first-order valence-electron chi connectivity index (χ1n) is 7.79. The second kappa shape index (κ2) is 9.60. The number of amides is 4. The fraction of sp³-hybridized carbons (Fsp3) is 0.438. The molecule has 1 aliphatic rings. The summed E-state index contributed by atoms with van der Waals surface area (Å²) in [5.41, 5.74) is 5.94. The molecule has 0 aliphatic carbocycles. The van der Waals surface area contributed by atoms with Crippen molar-refractivity contribution < 1.29 is 14.4 Å². The molecule has 4 amide bonds. The van der Waals surface area contributed by atoms with E-state index in [1.165, 1.54) is 0 Å². The number of rotatable bonds is 7. The van der Waals surface area contributed by atoms with Crippen LogP contribution in [0.3, 0.4) is 0 Å². The average molecular weight is 389 g/mol. The van der Waals surface area contributed by atoms with Crippen LogP contribution in [0.4, 0.5) is 10.5 Å². The van der Waals surface area contributed by atoms with Crippen LogP contribution in [0, 0.1) is 5.92 Å². The lowest BCUT2D eigenvalue weighted by Crippen LogP contribution is -2.34. The van der Waals surface area contributed by atoms with Crippen LogP contribution in [0.25, 0.3) is 0 Å². The van der Waals surface area contributed by atoms with Crippen molar-refractivity contribution in [2.45, 2.75) is 25.8 Å². The molecular formula is C16H22Cl2N4O3. The Morgan fingerprint density at radius 1 is 1.36 bits per heavy atom. The van der Waals surface area contributed by atoms with E-state index in [1.807, 2.05) is 6.92 Å². The van der Waals surface area contributed by atoms with E-state index in [2.05, 4.69) is 10.6 Å². The molecule has 7 nitrogen and oxygen atoms in total. The lowest BCUT2D eigenvalue weighted by molar-refractivity contribution is -0.121. The molecule has 2 atom stereocenters. The van der Waals surface area contributed by atoms with Crippen molar-refractivity contribution in [1.82, 2.24) is 10.6 Å². The van der Waals surface area contributed by atoms with E-state index in [0.29, 0.717) is 23.8 Å². The van der Waals surface area contributed by atoms with Gasteiger partial charge >= 0.3 is 6.03 Å². The summed E-state index contributed by atoms with van der Waals surface area (Å²) in [4.78, 5) is 37.3. The minimum atomic E-state index is -0.703. The van der Waals surface area contributed by atoms with Gasteiger partial charge < -0.3 is 16.4 Å². The van der Waals surface area contributed by atoms with Crippen LogP contribution >= 0.6 is 24.0 Å². The highest BCUT2D eigenvalue weighted by Gasteiger charge is 2.38.